The van der Waals surface area contributed by atoms with Crippen molar-refractivity contribution in [3.05, 3.63) is 59.5 Å². The summed E-state index contributed by atoms with van der Waals surface area (Å²) in [6, 6.07) is 13.0. The Morgan fingerprint density at radius 1 is 1.17 bits per heavy atom. The average molecular weight is 243 g/mol. The Bertz CT molecular complexity index is 462. The summed E-state index contributed by atoms with van der Waals surface area (Å²) in [6.07, 6.45) is 3.83. The molecule has 0 unspecified atom stereocenters. The normalized spacial score (nSPS) is 12.6. The molecule has 1 aromatic carbocycles. The molecular formula is C16H21NO. The molecule has 1 aromatic heterocycles. The zero-order valence-corrected chi connectivity index (χ0v) is 11.1. The maximum absolute atomic E-state index is 5.34. The third kappa shape index (κ3) is 3.74. The Balaban J connectivity index is 1.75. The van der Waals surface area contributed by atoms with E-state index in [1.54, 1.807) is 6.26 Å². The van der Waals surface area contributed by atoms with Gasteiger partial charge in [0.15, 0.2) is 0 Å². The van der Waals surface area contributed by atoms with Crippen molar-refractivity contribution in [3.63, 3.8) is 0 Å². The van der Waals surface area contributed by atoms with E-state index in [0.29, 0.717) is 6.04 Å². The lowest BCUT2D eigenvalue weighted by molar-refractivity contribution is 0.459. The lowest BCUT2D eigenvalue weighted by Gasteiger charge is -2.14. The minimum atomic E-state index is 0.495. The van der Waals surface area contributed by atoms with E-state index in [-0.39, 0.29) is 0 Å². The van der Waals surface area contributed by atoms with Crippen LogP contribution in [0.25, 0.3) is 0 Å². The van der Waals surface area contributed by atoms with Gasteiger partial charge in [0.2, 0.25) is 0 Å². The second-order valence-electron chi connectivity index (χ2n) is 4.83. The van der Waals surface area contributed by atoms with Gasteiger partial charge in [-0.3, -0.25) is 0 Å². The first-order valence-electron chi connectivity index (χ1n) is 6.56. The van der Waals surface area contributed by atoms with Gasteiger partial charge in [0.1, 0.15) is 5.76 Å². The Morgan fingerprint density at radius 3 is 2.72 bits per heavy atom. The number of benzene rings is 1. The van der Waals surface area contributed by atoms with E-state index in [4.69, 9.17) is 4.42 Å². The predicted octanol–water partition coefficient (Wildman–Crippen LogP) is 3.70. The second-order valence-corrected chi connectivity index (χ2v) is 4.83. The lowest BCUT2D eigenvalue weighted by Crippen LogP contribution is -2.26. The maximum atomic E-state index is 5.34. The minimum absolute atomic E-state index is 0.495. The van der Waals surface area contributed by atoms with Gasteiger partial charge in [-0.05, 0) is 43.5 Å². The van der Waals surface area contributed by atoms with Gasteiger partial charge in [-0.2, -0.15) is 0 Å². The molecule has 1 atom stereocenters. The van der Waals surface area contributed by atoms with Crippen LogP contribution in [-0.2, 0) is 13.0 Å². The van der Waals surface area contributed by atoms with Crippen LogP contribution in [-0.4, -0.2) is 6.04 Å². The van der Waals surface area contributed by atoms with Crippen LogP contribution in [0.15, 0.2) is 47.1 Å². The summed E-state index contributed by atoms with van der Waals surface area (Å²) >= 11 is 0. The molecule has 2 aromatic rings. The fourth-order valence-corrected chi connectivity index (χ4v) is 2.01. The molecule has 0 fully saturated rings. The second kappa shape index (κ2) is 6.41. The molecule has 0 amide bonds. The Hall–Kier alpha value is -1.54. The maximum Gasteiger partial charge on any atom is 0.103 e. The summed E-state index contributed by atoms with van der Waals surface area (Å²) < 4.78 is 5.34. The van der Waals surface area contributed by atoms with Gasteiger partial charge >= 0.3 is 0 Å². The quantitative estimate of drug-likeness (QED) is 0.837. The van der Waals surface area contributed by atoms with Crippen LogP contribution in [0.1, 0.15) is 30.2 Å². The van der Waals surface area contributed by atoms with Gasteiger partial charge in [0.05, 0.1) is 6.26 Å². The molecule has 1 N–H and O–H groups in total. The first kappa shape index (κ1) is 12.9. The van der Waals surface area contributed by atoms with Crippen molar-refractivity contribution in [1.82, 2.24) is 5.32 Å². The average Bonchev–Trinajstić information content (AvgIpc) is 2.88. The Kier molecular flexibility index (Phi) is 4.59. The van der Waals surface area contributed by atoms with Gasteiger partial charge in [0, 0.05) is 19.0 Å². The van der Waals surface area contributed by atoms with Crippen molar-refractivity contribution in [2.75, 3.05) is 0 Å². The van der Waals surface area contributed by atoms with Gasteiger partial charge in [-0.25, -0.2) is 0 Å². The molecule has 2 rings (SSSR count). The SMILES string of the molecule is Cc1ccccc1CN[C@H](C)CCc1ccco1. The summed E-state index contributed by atoms with van der Waals surface area (Å²) in [4.78, 5) is 0. The first-order chi connectivity index (χ1) is 8.75. The summed E-state index contributed by atoms with van der Waals surface area (Å²) in [5, 5.41) is 3.56. The standard InChI is InChI=1S/C16H21NO/c1-13-6-3-4-7-15(13)12-17-14(2)9-10-16-8-5-11-18-16/h3-8,11,14,17H,9-10,12H2,1-2H3/t14-/m1/s1. The largest absolute Gasteiger partial charge is 0.469 e. The Morgan fingerprint density at radius 2 is 2.00 bits per heavy atom. The van der Waals surface area contributed by atoms with Crippen molar-refractivity contribution in [1.29, 1.82) is 0 Å². The van der Waals surface area contributed by atoms with Crippen molar-refractivity contribution in [2.24, 2.45) is 0 Å². The predicted molar refractivity (Wildman–Crippen MR) is 74.5 cm³/mol. The van der Waals surface area contributed by atoms with E-state index in [1.165, 1.54) is 11.1 Å². The lowest BCUT2D eigenvalue weighted by atomic mass is 10.1. The number of hydrogen-bond donors (Lipinski definition) is 1. The number of nitrogens with one attached hydrogen (secondary N) is 1. The molecule has 0 saturated heterocycles. The molecule has 0 radical (unpaired) electrons. The van der Waals surface area contributed by atoms with Crippen LogP contribution in [0.5, 0.6) is 0 Å². The van der Waals surface area contributed by atoms with Crippen LogP contribution in [0.4, 0.5) is 0 Å². The molecule has 0 spiro atoms. The molecule has 0 aliphatic rings. The van der Waals surface area contributed by atoms with E-state index >= 15 is 0 Å². The first-order valence-corrected chi connectivity index (χ1v) is 6.56. The van der Waals surface area contributed by atoms with Crippen molar-refractivity contribution >= 4 is 0 Å². The highest BCUT2D eigenvalue weighted by atomic mass is 16.3. The Labute approximate surface area is 109 Å². The third-order valence-electron chi connectivity index (χ3n) is 3.31. The highest BCUT2D eigenvalue weighted by Crippen LogP contribution is 2.09. The number of hydrogen-bond acceptors (Lipinski definition) is 2. The van der Waals surface area contributed by atoms with Crippen LogP contribution >= 0.6 is 0 Å². The topological polar surface area (TPSA) is 25.2 Å². The fraction of sp³-hybridized carbons (Fsp3) is 0.375. The van der Waals surface area contributed by atoms with Crippen LogP contribution < -0.4 is 5.32 Å². The monoisotopic (exact) mass is 243 g/mol. The van der Waals surface area contributed by atoms with E-state index in [0.717, 1.165) is 25.1 Å². The van der Waals surface area contributed by atoms with Gasteiger partial charge in [-0.15, -0.1) is 0 Å². The van der Waals surface area contributed by atoms with Crippen molar-refractivity contribution in [2.45, 2.75) is 39.3 Å². The number of furan rings is 1. The molecule has 0 saturated carbocycles. The molecule has 0 bridgehead atoms. The zero-order valence-electron chi connectivity index (χ0n) is 11.1. The molecule has 0 aliphatic heterocycles. The summed E-state index contributed by atoms with van der Waals surface area (Å²) in [7, 11) is 0. The summed E-state index contributed by atoms with van der Waals surface area (Å²) in [6.45, 7) is 5.32. The van der Waals surface area contributed by atoms with E-state index in [9.17, 15) is 0 Å². The van der Waals surface area contributed by atoms with Crippen LogP contribution in [0, 0.1) is 6.92 Å². The van der Waals surface area contributed by atoms with Crippen LogP contribution in [0.3, 0.4) is 0 Å². The zero-order chi connectivity index (χ0) is 12.8. The molecule has 2 nitrogen and oxygen atoms in total. The fourth-order valence-electron chi connectivity index (χ4n) is 2.01. The molecular weight excluding hydrogens is 222 g/mol. The molecule has 0 aliphatic carbocycles. The highest BCUT2D eigenvalue weighted by molar-refractivity contribution is 5.25. The number of aryl methyl sites for hydroxylation is 2. The summed E-state index contributed by atoms with van der Waals surface area (Å²) in [5.74, 6) is 1.07. The molecule has 2 heteroatoms. The van der Waals surface area contributed by atoms with Crippen molar-refractivity contribution in [3.8, 4) is 0 Å². The summed E-state index contributed by atoms with van der Waals surface area (Å²) in [5.41, 5.74) is 2.73. The molecule has 18 heavy (non-hydrogen) atoms. The van der Waals surface area contributed by atoms with Gasteiger partial charge < -0.3 is 9.73 Å². The third-order valence-corrected chi connectivity index (χ3v) is 3.31. The van der Waals surface area contributed by atoms with E-state index in [2.05, 4.69) is 43.4 Å². The molecule has 1 heterocycles. The number of rotatable bonds is 6. The van der Waals surface area contributed by atoms with Gasteiger partial charge in [-0.1, -0.05) is 24.3 Å². The smallest absolute Gasteiger partial charge is 0.103 e. The van der Waals surface area contributed by atoms with E-state index < -0.39 is 0 Å². The molecule has 96 valence electrons. The van der Waals surface area contributed by atoms with Crippen LogP contribution in [0.2, 0.25) is 0 Å². The van der Waals surface area contributed by atoms with E-state index in [1.807, 2.05) is 12.1 Å². The minimum Gasteiger partial charge on any atom is -0.469 e. The highest BCUT2D eigenvalue weighted by Gasteiger charge is 2.04. The van der Waals surface area contributed by atoms with Crippen molar-refractivity contribution < 1.29 is 4.42 Å². The van der Waals surface area contributed by atoms with Gasteiger partial charge in [0.25, 0.3) is 0 Å².